The van der Waals surface area contributed by atoms with Crippen LogP contribution in [0.2, 0.25) is 0 Å². The molecule has 142 valence electrons. The molecule has 0 aliphatic heterocycles. The zero-order chi connectivity index (χ0) is 19.9. The summed E-state index contributed by atoms with van der Waals surface area (Å²) in [7, 11) is 0. The van der Waals surface area contributed by atoms with Crippen molar-refractivity contribution in [3.63, 3.8) is 0 Å². The Morgan fingerprint density at radius 2 is 1.36 bits per heavy atom. The maximum absolute atomic E-state index is 12.4. The van der Waals surface area contributed by atoms with E-state index in [0.717, 1.165) is 5.56 Å². The fourth-order valence-corrected chi connectivity index (χ4v) is 2.61. The predicted molar refractivity (Wildman–Crippen MR) is 111 cm³/mol. The highest BCUT2D eigenvalue weighted by molar-refractivity contribution is 6.04. The van der Waals surface area contributed by atoms with E-state index >= 15 is 0 Å². The monoisotopic (exact) mass is 374 g/mol. The first-order valence-corrected chi connectivity index (χ1v) is 9.02. The molecule has 0 saturated heterocycles. The number of anilines is 2. The van der Waals surface area contributed by atoms with Gasteiger partial charge < -0.3 is 15.4 Å². The first-order valence-electron chi connectivity index (χ1n) is 9.02. The largest absolute Gasteiger partial charge is 0.481 e. The Hall–Kier alpha value is -3.60. The van der Waals surface area contributed by atoms with Crippen molar-refractivity contribution in [1.29, 1.82) is 0 Å². The van der Waals surface area contributed by atoms with Crippen molar-refractivity contribution in [3.8, 4) is 5.75 Å². The van der Waals surface area contributed by atoms with Crippen molar-refractivity contribution in [2.45, 2.75) is 20.0 Å². The number of hydrogen-bond acceptors (Lipinski definition) is 3. The minimum Gasteiger partial charge on any atom is -0.481 e. The van der Waals surface area contributed by atoms with E-state index in [-0.39, 0.29) is 11.8 Å². The summed E-state index contributed by atoms with van der Waals surface area (Å²) >= 11 is 0. The van der Waals surface area contributed by atoms with Gasteiger partial charge in [0.25, 0.3) is 11.8 Å². The van der Waals surface area contributed by atoms with E-state index in [4.69, 9.17) is 4.74 Å². The lowest BCUT2D eigenvalue weighted by atomic mass is 10.2. The Morgan fingerprint density at radius 3 is 2.00 bits per heavy atom. The van der Waals surface area contributed by atoms with Gasteiger partial charge in [-0.3, -0.25) is 9.59 Å². The third-order valence-corrected chi connectivity index (χ3v) is 4.21. The van der Waals surface area contributed by atoms with Crippen molar-refractivity contribution in [1.82, 2.24) is 0 Å². The smallest absolute Gasteiger partial charge is 0.265 e. The predicted octanol–water partition coefficient (Wildman–Crippen LogP) is 4.65. The van der Waals surface area contributed by atoms with E-state index in [1.807, 2.05) is 49.4 Å². The molecule has 0 spiro atoms. The summed E-state index contributed by atoms with van der Waals surface area (Å²) in [5.74, 6) is 0.256. The van der Waals surface area contributed by atoms with Crippen LogP contribution in [0.3, 0.4) is 0 Å². The highest BCUT2D eigenvalue weighted by Gasteiger charge is 2.15. The van der Waals surface area contributed by atoms with E-state index < -0.39 is 6.10 Å². The Kier molecular flexibility index (Phi) is 6.07. The molecular formula is C23H22N2O3. The van der Waals surface area contributed by atoms with Gasteiger partial charge in [-0.2, -0.15) is 0 Å². The molecule has 0 heterocycles. The molecule has 0 bridgehead atoms. The van der Waals surface area contributed by atoms with E-state index in [1.54, 1.807) is 43.3 Å². The van der Waals surface area contributed by atoms with Crippen LogP contribution < -0.4 is 15.4 Å². The highest BCUT2D eigenvalue weighted by Crippen LogP contribution is 2.19. The van der Waals surface area contributed by atoms with Crippen molar-refractivity contribution in [3.05, 3.63) is 90.0 Å². The van der Waals surface area contributed by atoms with Gasteiger partial charge >= 0.3 is 0 Å². The molecule has 0 saturated carbocycles. The summed E-state index contributed by atoms with van der Waals surface area (Å²) in [6.07, 6.45) is -0.640. The topological polar surface area (TPSA) is 67.4 Å². The Labute approximate surface area is 164 Å². The Bertz CT molecular complexity index is 953. The number of ether oxygens (including phenoxy) is 1. The van der Waals surface area contributed by atoms with Crippen LogP contribution in [0.15, 0.2) is 78.9 Å². The van der Waals surface area contributed by atoms with Gasteiger partial charge in [0.15, 0.2) is 6.10 Å². The number of nitrogens with one attached hydrogen (secondary N) is 2. The van der Waals surface area contributed by atoms with Crippen molar-refractivity contribution >= 4 is 23.2 Å². The van der Waals surface area contributed by atoms with Crippen molar-refractivity contribution < 1.29 is 14.3 Å². The van der Waals surface area contributed by atoms with Crippen LogP contribution in [0, 0.1) is 6.92 Å². The van der Waals surface area contributed by atoms with E-state index in [1.165, 1.54) is 0 Å². The second-order valence-electron chi connectivity index (χ2n) is 6.41. The first kappa shape index (κ1) is 19.2. The minimum atomic E-state index is -0.640. The van der Waals surface area contributed by atoms with Crippen molar-refractivity contribution in [2.75, 3.05) is 10.6 Å². The molecule has 1 atom stereocenters. The standard InChI is InChI=1S/C23H22N2O3/c1-16-8-6-7-11-21(16)28-17(2)22(26)24-19-12-14-20(15-13-19)25-23(27)18-9-4-3-5-10-18/h3-15,17H,1-2H3,(H,24,26)(H,25,27). The third kappa shape index (κ3) is 4.98. The van der Waals surface area contributed by atoms with Crippen LogP contribution >= 0.6 is 0 Å². The molecule has 0 radical (unpaired) electrons. The van der Waals surface area contributed by atoms with Gasteiger partial charge in [0.2, 0.25) is 0 Å². The number of para-hydroxylation sites is 1. The maximum Gasteiger partial charge on any atom is 0.265 e. The second kappa shape index (κ2) is 8.86. The summed E-state index contributed by atoms with van der Waals surface area (Å²) in [5, 5.41) is 5.64. The van der Waals surface area contributed by atoms with Gasteiger partial charge in [-0.05, 0) is 61.9 Å². The minimum absolute atomic E-state index is 0.183. The second-order valence-corrected chi connectivity index (χ2v) is 6.41. The van der Waals surface area contributed by atoms with Crippen LogP contribution in [-0.4, -0.2) is 17.9 Å². The van der Waals surface area contributed by atoms with Crippen LogP contribution in [0.4, 0.5) is 11.4 Å². The average Bonchev–Trinajstić information content (AvgIpc) is 2.71. The van der Waals surface area contributed by atoms with Gasteiger partial charge in [0, 0.05) is 16.9 Å². The molecule has 28 heavy (non-hydrogen) atoms. The number of carbonyl (C=O) groups excluding carboxylic acids is 2. The Balaban J connectivity index is 1.57. The van der Waals surface area contributed by atoms with Crippen LogP contribution in [0.5, 0.6) is 5.75 Å². The molecule has 5 heteroatoms. The molecule has 2 N–H and O–H groups in total. The lowest BCUT2D eigenvalue weighted by Gasteiger charge is -2.16. The molecule has 0 aliphatic rings. The number of amides is 2. The normalized spacial score (nSPS) is 11.4. The molecule has 0 aromatic heterocycles. The number of benzene rings is 3. The summed E-state index contributed by atoms with van der Waals surface area (Å²) in [5.41, 5.74) is 2.83. The van der Waals surface area contributed by atoms with Crippen LogP contribution in [0.25, 0.3) is 0 Å². The molecular weight excluding hydrogens is 352 g/mol. The highest BCUT2D eigenvalue weighted by atomic mass is 16.5. The van der Waals surface area contributed by atoms with Gasteiger partial charge in [0.05, 0.1) is 0 Å². The summed E-state index contributed by atoms with van der Waals surface area (Å²) in [6, 6.07) is 23.5. The quantitative estimate of drug-likeness (QED) is 0.660. The van der Waals surface area contributed by atoms with E-state index in [0.29, 0.717) is 22.7 Å². The lowest BCUT2D eigenvalue weighted by molar-refractivity contribution is -0.122. The molecule has 0 aliphatic carbocycles. The molecule has 3 aromatic carbocycles. The summed E-state index contributed by atoms with van der Waals surface area (Å²) in [4.78, 5) is 24.5. The molecule has 0 fully saturated rings. The molecule has 3 rings (SSSR count). The number of carbonyl (C=O) groups is 2. The lowest BCUT2D eigenvalue weighted by Crippen LogP contribution is -2.30. The zero-order valence-corrected chi connectivity index (χ0v) is 15.8. The van der Waals surface area contributed by atoms with E-state index in [2.05, 4.69) is 10.6 Å². The zero-order valence-electron chi connectivity index (χ0n) is 15.8. The Morgan fingerprint density at radius 1 is 0.786 bits per heavy atom. The molecule has 1 unspecified atom stereocenters. The van der Waals surface area contributed by atoms with Crippen LogP contribution in [0.1, 0.15) is 22.8 Å². The number of hydrogen-bond donors (Lipinski definition) is 2. The van der Waals surface area contributed by atoms with Gasteiger partial charge in [-0.15, -0.1) is 0 Å². The molecule has 3 aromatic rings. The number of aryl methyl sites for hydroxylation is 1. The fourth-order valence-electron chi connectivity index (χ4n) is 2.61. The first-order chi connectivity index (χ1) is 13.5. The third-order valence-electron chi connectivity index (χ3n) is 4.21. The van der Waals surface area contributed by atoms with Gasteiger partial charge in [-0.25, -0.2) is 0 Å². The van der Waals surface area contributed by atoms with Crippen LogP contribution in [-0.2, 0) is 4.79 Å². The fraction of sp³-hybridized carbons (Fsp3) is 0.130. The SMILES string of the molecule is Cc1ccccc1OC(C)C(=O)Nc1ccc(NC(=O)c2ccccc2)cc1. The van der Waals surface area contributed by atoms with Gasteiger partial charge in [-0.1, -0.05) is 36.4 Å². The van der Waals surface area contributed by atoms with E-state index in [9.17, 15) is 9.59 Å². The van der Waals surface area contributed by atoms with Crippen molar-refractivity contribution in [2.24, 2.45) is 0 Å². The summed E-state index contributed by atoms with van der Waals surface area (Å²) < 4.78 is 5.74. The van der Waals surface area contributed by atoms with Gasteiger partial charge in [0.1, 0.15) is 5.75 Å². The summed E-state index contributed by atoms with van der Waals surface area (Å²) in [6.45, 7) is 3.64. The molecule has 2 amide bonds. The number of rotatable bonds is 6. The average molecular weight is 374 g/mol. The molecule has 5 nitrogen and oxygen atoms in total. The maximum atomic E-state index is 12.4.